The molecule has 0 aromatic heterocycles. The van der Waals surface area contributed by atoms with E-state index < -0.39 is 46.0 Å². The lowest BCUT2D eigenvalue weighted by molar-refractivity contribution is -0.385. The number of rotatable bonds is 5. The first-order chi connectivity index (χ1) is 9.22. The van der Waals surface area contributed by atoms with Gasteiger partial charge >= 0.3 is 5.97 Å². The summed E-state index contributed by atoms with van der Waals surface area (Å²) in [6.45, 7) is 1.15. The molecular weight excluding hydrogens is 275 g/mol. The van der Waals surface area contributed by atoms with Gasteiger partial charge in [0.2, 0.25) is 0 Å². The number of non-ortho nitro benzene ring substituents is 1. The molecule has 0 aliphatic rings. The Morgan fingerprint density at radius 3 is 2.45 bits per heavy atom. The summed E-state index contributed by atoms with van der Waals surface area (Å²) in [6.07, 6.45) is -1.39. The largest absolute Gasteiger partial charge is 0.480 e. The number of amides is 1. The Labute approximate surface area is 112 Å². The van der Waals surface area contributed by atoms with Crippen molar-refractivity contribution in [2.24, 2.45) is 0 Å². The molecule has 2 atom stereocenters. The second-order valence-corrected chi connectivity index (χ2v) is 3.99. The van der Waals surface area contributed by atoms with Gasteiger partial charge in [0, 0.05) is 11.6 Å². The Hall–Kier alpha value is -2.55. The number of nitro groups is 1. The van der Waals surface area contributed by atoms with Crippen LogP contribution in [0.2, 0.25) is 0 Å². The van der Waals surface area contributed by atoms with Gasteiger partial charge in [-0.1, -0.05) is 0 Å². The van der Waals surface area contributed by atoms with Gasteiger partial charge in [-0.2, -0.15) is 0 Å². The molecule has 0 aliphatic carbocycles. The summed E-state index contributed by atoms with van der Waals surface area (Å²) < 4.78 is 13.2. The zero-order valence-corrected chi connectivity index (χ0v) is 10.2. The minimum absolute atomic E-state index is 0.413. The highest BCUT2D eigenvalue weighted by atomic mass is 19.1. The third-order valence-corrected chi connectivity index (χ3v) is 2.39. The molecule has 0 saturated carbocycles. The Morgan fingerprint density at radius 1 is 1.40 bits per heavy atom. The number of nitro benzene ring substituents is 1. The fraction of sp³-hybridized carbons (Fsp3) is 0.273. The van der Waals surface area contributed by atoms with Crippen molar-refractivity contribution in [2.45, 2.75) is 19.1 Å². The van der Waals surface area contributed by atoms with Crippen molar-refractivity contribution in [2.75, 3.05) is 0 Å². The van der Waals surface area contributed by atoms with Crippen LogP contribution in [0.4, 0.5) is 10.1 Å². The summed E-state index contributed by atoms with van der Waals surface area (Å²) in [4.78, 5) is 32.2. The molecular formula is C11H11FN2O6. The van der Waals surface area contributed by atoms with Gasteiger partial charge < -0.3 is 15.5 Å². The van der Waals surface area contributed by atoms with Crippen molar-refractivity contribution in [1.29, 1.82) is 0 Å². The fourth-order valence-electron chi connectivity index (χ4n) is 1.42. The Balaban J connectivity index is 3.03. The highest BCUT2D eigenvalue weighted by Gasteiger charge is 2.26. The second-order valence-electron chi connectivity index (χ2n) is 3.99. The molecule has 1 rings (SSSR count). The topological polar surface area (TPSA) is 130 Å². The van der Waals surface area contributed by atoms with E-state index in [0.717, 1.165) is 19.1 Å². The molecule has 0 aliphatic heterocycles. The van der Waals surface area contributed by atoms with Crippen LogP contribution in [0, 0.1) is 15.9 Å². The van der Waals surface area contributed by atoms with Crippen molar-refractivity contribution in [3.05, 3.63) is 39.7 Å². The number of carboxylic acid groups (broad SMARTS) is 1. The number of aliphatic hydroxyl groups excluding tert-OH is 1. The molecule has 1 aromatic rings. The molecule has 3 N–H and O–H groups in total. The molecule has 8 nitrogen and oxygen atoms in total. The number of carbonyl (C=O) groups is 2. The van der Waals surface area contributed by atoms with Gasteiger partial charge in [-0.25, -0.2) is 9.18 Å². The molecule has 0 heterocycles. The Bertz CT molecular complexity index is 560. The number of carboxylic acids is 1. The predicted molar refractivity (Wildman–Crippen MR) is 63.6 cm³/mol. The molecule has 0 radical (unpaired) electrons. The van der Waals surface area contributed by atoms with Gasteiger partial charge in [0.1, 0.15) is 5.82 Å². The number of carbonyl (C=O) groups excluding carboxylic acids is 1. The summed E-state index contributed by atoms with van der Waals surface area (Å²) in [5, 5.41) is 30.5. The van der Waals surface area contributed by atoms with Gasteiger partial charge in [0.15, 0.2) is 6.04 Å². The van der Waals surface area contributed by atoms with Gasteiger partial charge in [-0.3, -0.25) is 14.9 Å². The SMILES string of the molecule is CC(O)C(NC(=O)c1cc(F)cc([N+](=O)[O-])c1)C(=O)O. The van der Waals surface area contributed by atoms with Crippen LogP contribution in [0.3, 0.4) is 0 Å². The van der Waals surface area contributed by atoms with Crippen LogP contribution in [0.15, 0.2) is 18.2 Å². The van der Waals surface area contributed by atoms with Gasteiger partial charge in [0.05, 0.1) is 17.1 Å². The first kappa shape index (κ1) is 15.5. The van der Waals surface area contributed by atoms with Crippen molar-refractivity contribution in [1.82, 2.24) is 5.32 Å². The number of aliphatic carboxylic acids is 1. The zero-order valence-electron chi connectivity index (χ0n) is 10.2. The number of benzene rings is 1. The summed E-state index contributed by atoms with van der Waals surface area (Å²) >= 11 is 0. The lowest BCUT2D eigenvalue weighted by Crippen LogP contribution is -2.47. The van der Waals surface area contributed by atoms with E-state index >= 15 is 0 Å². The molecule has 0 saturated heterocycles. The minimum atomic E-state index is -1.61. The quantitative estimate of drug-likeness (QED) is 0.527. The second kappa shape index (κ2) is 6.06. The van der Waals surface area contributed by atoms with Gasteiger partial charge in [0.25, 0.3) is 11.6 Å². The van der Waals surface area contributed by atoms with Crippen LogP contribution in [0.1, 0.15) is 17.3 Å². The van der Waals surface area contributed by atoms with Crippen LogP contribution in [-0.2, 0) is 4.79 Å². The molecule has 20 heavy (non-hydrogen) atoms. The molecule has 0 fully saturated rings. The average Bonchev–Trinajstić information content (AvgIpc) is 2.33. The Morgan fingerprint density at radius 2 is 2.00 bits per heavy atom. The molecule has 0 spiro atoms. The third kappa shape index (κ3) is 3.72. The summed E-state index contributed by atoms with van der Waals surface area (Å²) in [5.41, 5.74) is -1.05. The maximum absolute atomic E-state index is 13.2. The van der Waals surface area contributed by atoms with E-state index in [2.05, 4.69) is 0 Å². The zero-order chi connectivity index (χ0) is 15.4. The van der Waals surface area contributed by atoms with E-state index in [1.807, 2.05) is 5.32 Å². The average molecular weight is 286 g/mol. The molecule has 0 bridgehead atoms. The fourth-order valence-corrected chi connectivity index (χ4v) is 1.42. The molecule has 1 aromatic carbocycles. The number of halogens is 1. The molecule has 108 valence electrons. The number of aliphatic hydroxyl groups is 1. The van der Waals surface area contributed by atoms with E-state index in [0.29, 0.717) is 6.07 Å². The van der Waals surface area contributed by atoms with Crippen LogP contribution in [0.25, 0.3) is 0 Å². The van der Waals surface area contributed by atoms with Crippen LogP contribution >= 0.6 is 0 Å². The van der Waals surface area contributed by atoms with E-state index in [9.17, 15) is 29.2 Å². The monoisotopic (exact) mass is 286 g/mol. The number of hydrogen-bond donors (Lipinski definition) is 3. The maximum Gasteiger partial charge on any atom is 0.328 e. The molecule has 1 amide bonds. The van der Waals surface area contributed by atoms with E-state index in [4.69, 9.17) is 5.11 Å². The number of nitrogens with zero attached hydrogens (tertiary/aromatic N) is 1. The maximum atomic E-state index is 13.2. The van der Waals surface area contributed by atoms with E-state index in [1.165, 1.54) is 0 Å². The van der Waals surface area contributed by atoms with Crippen LogP contribution in [-0.4, -0.2) is 39.2 Å². The molecule has 9 heteroatoms. The van der Waals surface area contributed by atoms with Crippen molar-refractivity contribution in [3.8, 4) is 0 Å². The highest BCUT2D eigenvalue weighted by Crippen LogP contribution is 2.16. The summed E-state index contributed by atoms with van der Waals surface area (Å²) in [7, 11) is 0. The number of hydrogen-bond acceptors (Lipinski definition) is 5. The lowest BCUT2D eigenvalue weighted by Gasteiger charge is -2.16. The van der Waals surface area contributed by atoms with Gasteiger partial charge in [-0.15, -0.1) is 0 Å². The normalized spacial score (nSPS) is 13.3. The first-order valence-electron chi connectivity index (χ1n) is 5.39. The Kier molecular flexibility index (Phi) is 4.70. The lowest BCUT2D eigenvalue weighted by atomic mass is 10.1. The van der Waals surface area contributed by atoms with Crippen molar-refractivity contribution in [3.63, 3.8) is 0 Å². The van der Waals surface area contributed by atoms with Crippen LogP contribution in [0.5, 0.6) is 0 Å². The van der Waals surface area contributed by atoms with E-state index in [1.54, 1.807) is 0 Å². The van der Waals surface area contributed by atoms with Crippen LogP contribution < -0.4 is 5.32 Å². The van der Waals surface area contributed by atoms with Crippen molar-refractivity contribution < 1.29 is 29.1 Å². The van der Waals surface area contributed by atoms with Crippen molar-refractivity contribution >= 4 is 17.6 Å². The summed E-state index contributed by atoms with van der Waals surface area (Å²) in [5.74, 6) is -3.53. The first-order valence-corrected chi connectivity index (χ1v) is 5.39. The number of nitrogens with one attached hydrogen (secondary N) is 1. The summed E-state index contributed by atoms with van der Waals surface area (Å²) in [6, 6.07) is 0.549. The van der Waals surface area contributed by atoms with Gasteiger partial charge in [-0.05, 0) is 13.0 Å². The highest BCUT2D eigenvalue weighted by molar-refractivity contribution is 5.97. The minimum Gasteiger partial charge on any atom is -0.480 e. The smallest absolute Gasteiger partial charge is 0.328 e. The standard InChI is InChI=1S/C11H11FN2O6/c1-5(15)9(11(17)18)13-10(16)6-2-7(12)4-8(3-6)14(19)20/h2-5,9,15H,1H3,(H,13,16)(H,17,18). The molecule has 2 unspecified atom stereocenters. The predicted octanol–water partition coefficient (Wildman–Crippen LogP) is 0.298. The third-order valence-electron chi connectivity index (χ3n) is 2.39. The van der Waals surface area contributed by atoms with E-state index in [-0.39, 0.29) is 0 Å².